The van der Waals surface area contributed by atoms with Crippen LogP contribution in [-0.4, -0.2) is 4.98 Å². The van der Waals surface area contributed by atoms with Gasteiger partial charge in [-0.25, -0.2) is 0 Å². The van der Waals surface area contributed by atoms with Crippen molar-refractivity contribution >= 4 is 5.69 Å². The van der Waals surface area contributed by atoms with Gasteiger partial charge in [-0.3, -0.25) is 4.98 Å². The molecular formula is C11H15N3. The second-order valence-electron chi connectivity index (χ2n) is 4.42. The lowest BCUT2D eigenvalue weighted by Gasteiger charge is -2.20. The molecule has 1 heterocycles. The number of nitrogens with zero attached hydrogens (tertiary/aromatic N) is 2. The first kappa shape index (κ1) is 10.5. The number of pyridine rings is 1. The van der Waals surface area contributed by atoms with Crippen LogP contribution in [0.3, 0.4) is 0 Å². The molecule has 0 aliphatic carbocycles. The monoisotopic (exact) mass is 189 g/mol. The van der Waals surface area contributed by atoms with Gasteiger partial charge in [0.05, 0.1) is 22.6 Å². The molecule has 0 atom stereocenters. The van der Waals surface area contributed by atoms with Gasteiger partial charge < -0.3 is 5.73 Å². The molecule has 0 aromatic carbocycles. The maximum absolute atomic E-state index is 8.95. The van der Waals surface area contributed by atoms with Crippen molar-refractivity contribution in [1.82, 2.24) is 4.98 Å². The molecule has 74 valence electrons. The Morgan fingerprint density at radius 1 is 1.43 bits per heavy atom. The van der Waals surface area contributed by atoms with E-state index in [1.165, 1.54) is 0 Å². The summed E-state index contributed by atoms with van der Waals surface area (Å²) in [5, 5.41) is 8.95. The normalized spacial score (nSPS) is 11.1. The van der Waals surface area contributed by atoms with E-state index in [9.17, 15) is 0 Å². The van der Waals surface area contributed by atoms with Crippen LogP contribution in [0, 0.1) is 18.3 Å². The highest BCUT2D eigenvalue weighted by atomic mass is 14.8. The zero-order valence-corrected chi connectivity index (χ0v) is 9.05. The predicted octanol–water partition coefficient (Wildman–Crippen LogP) is 2.14. The van der Waals surface area contributed by atoms with Crippen LogP contribution in [0.2, 0.25) is 0 Å². The molecule has 1 aromatic heterocycles. The molecular weight excluding hydrogens is 174 g/mol. The van der Waals surface area contributed by atoms with Gasteiger partial charge in [0.25, 0.3) is 0 Å². The van der Waals surface area contributed by atoms with Gasteiger partial charge in [-0.1, -0.05) is 20.8 Å². The van der Waals surface area contributed by atoms with Crippen molar-refractivity contribution in [3.8, 4) is 6.07 Å². The summed E-state index contributed by atoms with van der Waals surface area (Å²) in [6.07, 6.45) is 0. The Morgan fingerprint density at radius 2 is 2.00 bits per heavy atom. The molecule has 1 aromatic rings. The molecule has 14 heavy (non-hydrogen) atoms. The Morgan fingerprint density at radius 3 is 2.43 bits per heavy atom. The Kier molecular flexibility index (Phi) is 2.48. The van der Waals surface area contributed by atoms with Crippen LogP contribution in [0.25, 0.3) is 0 Å². The van der Waals surface area contributed by atoms with E-state index >= 15 is 0 Å². The quantitative estimate of drug-likeness (QED) is 0.680. The van der Waals surface area contributed by atoms with Crippen LogP contribution in [0.15, 0.2) is 6.07 Å². The second-order valence-corrected chi connectivity index (χ2v) is 4.42. The largest absolute Gasteiger partial charge is 0.397 e. The summed E-state index contributed by atoms with van der Waals surface area (Å²) in [4.78, 5) is 4.37. The van der Waals surface area contributed by atoms with E-state index in [0.29, 0.717) is 11.3 Å². The molecule has 1 rings (SSSR count). The molecule has 0 bridgehead atoms. The van der Waals surface area contributed by atoms with E-state index in [0.717, 1.165) is 11.4 Å². The molecule has 0 unspecified atom stereocenters. The Balaban J connectivity index is 3.45. The summed E-state index contributed by atoms with van der Waals surface area (Å²) in [6, 6.07) is 3.82. The van der Waals surface area contributed by atoms with E-state index in [1.807, 2.05) is 27.7 Å². The van der Waals surface area contributed by atoms with Crippen LogP contribution in [-0.2, 0) is 5.41 Å². The zero-order chi connectivity index (χ0) is 10.9. The van der Waals surface area contributed by atoms with Gasteiger partial charge in [-0.05, 0) is 13.0 Å². The van der Waals surface area contributed by atoms with Crippen molar-refractivity contribution in [3.05, 3.63) is 23.0 Å². The van der Waals surface area contributed by atoms with Crippen molar-refractivity contribution in [2.45, 2.75) is 33.1 Å². The van der Waals surface area contributed by atoms with Crippen molar-refractivity contribution in [1.29, 1.82) is 5.26 Å². The standard InChI is InChI=1S/C11H15N3/c1-7-9(13)5-8(6-12)10(14-7)11(2,3)4/h5H,13H2,1-4H3. The first-order chi connectivity index (χ1) is 6.36. The van der Waals surface area contributed by atoms with Gasteiger partial charge in [0.1, 0.15) is 6.07 Å². The number of aromatic nitrogens is 1. The molecule has 0 saturated carbocycles. The van der Waals surface area contributed by atoms with Crippen molar-refractivity contribution < 1.29 is 0 Å². The number of anilines is 1. The average Bonchev–Trinajstić information content (AvgIpc) is 2.07. The fourth-order valence-corrected chi connectivity index (χ4v) is 1.28. The fourth-order valence-electron chi connectivity index (χ4n) is 1.28. The predicted molar refractivity (Wildman–Crippen MR) is 56.8 cm³/mol. The maximum Gasteiger partial charge on any atom is 0.101 e. The first-order valence-electron chi connectivity index (χ1n) is 4.54. The van der Waals surface area contributed by atoms with E-state index < -0.39 is 0 Å². The number of nitrogens with two attached hydrogens (primary N) is 1. The highest BCUT2D eigenvalue weighted by Crippen LogP contribution is 2.25. The number of hydrogen-bond acceptors (Lipinski definition) is 3. The summed E-state index contributed by atoms with van der Waals surface area (Å²) in [6.45, 7) is 7.95. The third-order valence-electron chi connectivity index (χ3n) is 2.08. The molecule has 0 amide bonds. The van der Waals surface area contributed by atoms with Gasteiger partial charge in [-0.2, -0.15) is 5.26 Å². The number of aryl methyl sites for hydroxylation is 1. The Bertz CT molecular complexity index is 394. The number of hydrogen-bond donors (Lipinski definition) is 1. The van der Waals surface area contributed by atoms with E-state index in [-0.39, 0.29) is 5.41 Å². The lowest BCUT2D eigenvalue weighted by Crippen LogP contribution is -2.17. The molecule has 0 aliphatic heterocycles. The fraction of sp³-hybridized carbons (Fsp3) is 0.455. The topological polar surface area (TPSA) is 62.7 Å². The molecule has 3 heteroatoms. The zero-order valence-electron chi connectivity index (χ0n) is 9.05. The SMILES string of the molecule is Cc1nc(C(C)(C)C)c(C#N)cc1N. The van der Waals surface area contributed by atoms with Crippen molar-refractivity contribution in [3.63, 3.8) is 0 Å². The maximum atomic E-state index is 8.95. The third-order valence-corrected chi connectivity index (χ3v) is 2.08. The summed E-state index contributed by atoms with van der Waals surface area (Å²) in [7, 11) is 0. The summed E-state index contributed by atoms with van der Waals surface area (Å²) >= 11 is 0. The molecule has 0 aliphatic rings. The Hall–Kier alpha value is -1.56. The number of rotatable bonds is 0. The highest BCUT2D eigenvalue weighted by Gasteiger charge is 2.20. The molecule has 3 nitrogen and oxygen atoms in total. The Labute approximate surface area is 84.6 Å². The molecule has 0 radical (unpaired) electrons. The minimum atomic E-state index is -0.122. The van der Waals surface area contributed by atoms with Crippen molar-refractivity contribution in [2.24, 2.45) is 0 Å². The second kappa shape index (κ2) is 3.30. The molecule has 2 N–H and O–H groups in total. The first-order valence-corrected chi connectivity index (χ1v) is 4.54. The van der Waals surface area contributed by atoms with Crippen LogP contribution in [0.5, 0.6) is 0 Å². The minimum Gasteiger partial charge on any atom is -0.397 e. The van der Waals surface area contributed by atoms with Gasteiger partial charge in [0.15, 0.2) is 0 Å². The molecule has 0 saturated heterocycles. The van der Waals surface area contributed by atoms with E-state index in [2.05, 4.69) is 11.1 Å². The summed E-state index contributed by atoms with van der Waals surface area (Å²) in [5.41, 5.74) is 8.32. The highest BCUT2D eigenvalue weighted by molar-refractivity contribution is 5.51. The number of nitrogen functional groups attached to an aromatic ring is 1. The van der Waals surface area contributed by atoms with Crippen molar-refractivity contribution in [2.75, 3.05) is 5.73 Å². The third kappa shape index (κ3) is 1.85. The van der Waals surface area contributed by atoms with Crippen LogP contribution < -0.4 is 5.73 Å². The lowest BCUT2D eigenvalue weighted by molar-refractivity contribution is 0.565. The van der Waals surface area contributed by atoms with Gasteiger partial charge in [0.2, 0.25) is 0 Å². The van der Waals surface area contributed by atoms with Gasteiger partial charge in [0, 0.05) is 5.41 Å². The molecule has 0 spiro atoms. The van der Waals surface area contributed by atoms with Gasteiger partial charge in [-0.15, -0.1) is 0 Å². The van der Waals surface area contributed by atoms with E-state index in [4.69, 9.17) is 11.0 Å². The lowest BCUT2D eigenvalue weighted by atomic mass is 9.88. The molecule has 0 fully saturated rings. The smallest absolute Gasteiger partial charge is 0.101 e. The van der Waals surface area contributed by atoms with Gasteiger partial charge >= 0.3 is 0 Å². The van der Waals surface area contributed by atoms with Crippen LogP contribution in [0.1, 0.15) is 37.7 Å². The van der Waals surface area contributed by atoms with E-state index in [1.54, 1.807) is 6.07 Å². The van der Waals surface area contributed by atoms with Crippen LogP contribution in [0.4, 0.5) is 5.69 Å². The number of nitriles is 1. The minimum absolute atomic E-state index is 0.122. The average molecular weight is 189 g/mol. The summed E-state index contributed by atoms with van der Waals surface area (Å²) < 4.78 is 0. The summed E-state index contributed by atoms with van der Waals surface area (Å²) in [5.74, 6) is 0. The van der Waals surface area contributed by atoms with Crippen LogP contribution >= 0.6 is 0 Å².